The first-order valence-corrected chi connectivity index (χ1v) is 12.7. The van der Waals surface area contributed by atoms with Crippen LogP contribution in [0.15, 0.2) is 88.9 Å². The van der Waals surface area contributed by atoms with Crippen LogP contribution >= 0.6 is 15.9 Å². The van der Waals surface area contributed by atoms with E-state index in [1.54, 1.807) is 12.1 Å². The highest BCUT2D eigenvalue weighted by Gasteiger charge is 2.37. The zero-order chi connectivity index (χ0) is 28.4. The molecule has 4 aromatic carbocycles. The number of benzene rings is 4. The number of barbiturate groups is 1. The third-order valence-electron chi connectivity index (χ3n) is 6.22. The van der Waals surface area contributed by atoms with E-state index in [4.69, 9.17) is 9.47 Å². The average Bonchev–Trinajstić information content (AvgIpc) is 2.94. The Balaban J connectivity index is 1.45. The number of halogens is 1. The summed E-state index contributed by atoms with van der Waals surface area (Å²) in [4.78, 5) is 49.6. The fourth-order valence-corrected chi connectivity index (χ4v) is 4.91. The second kappa shape index (κ2) is 11.0. The van der Waals surface area contributed by atoms with Gasteiger partial charge in [0, 0.05) is 12.1 Å². The molecule has 200 valence electrons. The summed E-state index contributed by atoms with van der Waals surface area (Å²) in [5.74, 6) is -1.06. The number of nitrogens with one attached hydrogen (secondary N) is 1. The smallest absolute Gasteiger partial charge is 0.335 e. The molecule has 0 radical (unpaired) electrons. The molecule has 1 N–H and O–H groups in total. The number of nitro benzene ring substituents is 1. The van der Waals surface area contributed by atoms with E-state index < -0.39 is 22.8 Å². The lowest BCUT2D eigenvalue weighted by molar-refractivity contribution is -0.384. The Hall–Kier alpha value is -5.03. The number of carbonyl (C=O) groups is 3. The average molecular weight is 602 g/mol. The first kappa shape index (κ1) is 26.6. The van der Waals surface area contributed by atoms with Crippen molar-refractivity contribution in [1.82, 2.24) is 5.32 Å². The van der Waals surface area contributed by atoms with Crippen molar-refractivity contribution in [2.24, 2.45) is 0 Å². The third-order valence-corrected chi connectivity index (χ3v) is 6.80. The number of anilines is 1. The molecule has 1 aliphatic heterocycles. The summed E-state index contributed by atoms with van der Waals surface area (Å²) in [6.45, 7) is 0.262. The minimum Gasteiger partial charge on any atom is -0.493 e. The molecule has 1 heterocycles. The number of non-ortho nitro benzene ring substituents is 1. The molecule has 40 heavy (non-hydrogen) atoms. The van der Waals surface area contributed by atoms with E-state index in [-0.39, 0.29) is 23.6 Å². The van der Waals surface area contributed by atoms with Gasteiger partial charge >= 0.3 is 6.03 Å². The topological polar surface area (TPSA) is 128 Å². The van der Waals surface area contributed by atoms with Crippen molar-refractivity contribution >= 4 is 62.0 Å². The number of ether oxygens (including phenoxy) is 2. The van der Waals surface area contributed by atoms with Crippen molar-refractivity contribution in [1.29, 1.82) is 0 Å². The maximum atomic E-state index is 13.2. The van der Waals surface area contributed by atoms with Crippen molar-refractivity contribution in [2.45, 2.75) is 6.61 Å². The number of imide groups is 2. The van der Waals surface area contributed by atoms with Crippen LogP contribution in [0.5, 0.6) is 11.5 Å². The summed E-state index contributed by atoms with van der Waals surface area (Å²) in [6, 6.07) is 21.1. The Morgan fingerprint density at radius 1 is 1.00 bits per heavy atom. The van der Waals surface area contributed by atoms with E-state index in [0.29, 0.717) is 26.4 Å². The van der Waals surface area contributed by atoms with Crippen LogP contribution in [0, 0.1) is 10.1 Å². The lowest BCUT2D eigenvalue weighted by atomic mass is 10.1. The zero-order valence-electron chi connectivity index (χ0n) is 20.9. The van der Waals surface area contributed by atoms with Gasteiger partial charge in [-0.3, -0.25) is 25.0 Å². The van der Waals surface area contributed by atoms with Crippen molar-refractivity contribution in [2.75, 3.05) is 12.0 Å². The summed E-state index contributed by atoms with van der Waals surface area (Å²) < 4.78 is 12.2. The van der Waals surface area contributed by atoms with Crippen LogP contribution in [-0.2, 0) is 16.2 Å². The summed E-state index contributed by atoms with van der Waals surface area (Å²) >= 11 is 3.49. The molecule has 0 atom stereocenters. The van der Waals surface area contributed by atoms with Crippen molar-refractivity contribution in [3.8, 4) is 11.5 Å². The molecule has 1 fully saturated rings. The predicted octanol–water partition coefficient (Wildman–Crippen LogP) is 5.76. The first-order chi connectivity index (χ1) is 19.3. The van der Waals surface area contributed by atoms with E-state index in [9.17, 15) is 24.5 Å². The van der Waals surface area contributed by atoms with Crippen LogP contribution in [-0.4, -0.2) is 29.9 Å². The third kappa shape index (κ3) is 5.14. The van der Waals surface area contributed by atoms with Crippen LogP contribution in [0.3, 0.4) is 0 Å². The molecule has 1 saturated heterocycles. The summed E-state index contributed by atoms with van der Waals surface area (Å²) in [5.41, 5.74) is 0.686. The number of urea groups is 1. The lowest BCUT2D eigenvalue weighted by Gasteiger charge is -2.26. The van der Waals surface area contributed by atoms with Gasteiger partial charge in [0.25, 0.3) is 17.5 Å². The van der Waals surface area contributed by atoms with E-state index >= 15 is 0 Å². The van der Waals surface area contributed by atoms with Gasteiger partial charge in [0.05, 0.1) is 22.2 Å². The molecule has 0 aromatic heterocycles. The minimum absolute atomic E-state index is 0.0500. The van der Waals surface area contributed by atoms with Crippen LogP contribution < -0.4 is 19.7 Å². The Morgan fingerprint density at radius 2 is 1.75 bits per heavy atom. The Morgan fingerprint density at radius 3 is 2.52 bits per heavy atom. The quantitative estimate of drug-likeness (QED) is 0.123. The summed E-state index contributed by atoms with van der Waals surface area (Å²) in [7, 11) is 1.46. The number of hydrogen-bond donors (Lipinski definition) is 1. The number of carbonyl (C=O) groups excluding carboxylic acids is 3. The zero-order valence-corrected chi connectivity index (χ0v) is 22.5. The molecule has 0 aliphatic carbocycles. The predicted molar refractivity (Wildman–Crippen MR) is 151 cm³/mol. The van der Waals surface area contributed by atoms with Crippen molar-refractivity contribution in [3.63, 3.8) is 0 Å². The van der Waals surface area contributed by atoms with Crippen molar-refractivity contribution < 1.29 is 28.8 Å². The Kier molecular flexibility index (Phi) is 7.30. The maximum absolute atomic E-state index is 13.2. The van der Waals surface area contributed by atoms with E-state index in [1.165, 1.54) is 31.4 Å². The highest BCUT2D eigenvalue weighted by Crippen LogP contribution is 2.38. The first-order valence-electron chi connectivity index (χ1n) is 11.9. The van der Waals surface area contributed by atoms with Gasteiger partial charge in [-0.1, -0.05) is 48.5 Å². The largest absolute Gasteiger partial charge is 0.493 e. The van der Waals surface area contributed by atoms with Crippen LogP contribution in [0.25, 0.3) is 16.8 Å². The molecule has 10 nitrogen and oxygen atoms in total. The summed E-state index contributed by atoms with van der Waals surface area (Å²) in [5, 5.41) is 15.4. The van der Waals surface area contributed by atoms with Crippen LogP contribution in [0.1, 0.15) is 11.1 Å². The lowest BCUT2D eigenvalue weighted by Crippen LogP contribution is -2.54. The van der Waals surface area contributed by atoms with E-state index in [1.807, 2.05) is 42.5 Å². The number of fused-ring (bicyclic) bond motifs is 1. The molecular weight excluding hydrogens is 582 g/mol. The molecule has 1 aliphatic rings. The highest BCUT2D eigenvalue weighted by atomic mass is 79.9. The van der Waals surface area contributed by atoms with Crippen molar-refractivity contribution in [3.05, 3.63) is 110 Å². The molecule has 4 aromatic rings. The highest BCUT2D eigenvalue weighted by molar-refractivity contribution is 9.10. The summed E-state index contributed by atoms with van der Waals surface area (Å²) in [6.07, 6.45) is 1.30. The Labute approximate surface area is 236 Å². The van der Waals surface area contributed by atoms with E-state index in [0.717, 1.165) is 22.4 Å². The molecule has 0 spiro atoms. The van der Waals surface area contributed by atoms with Gasteiger partial charge in [0.15, 0.2) is 11.5 Å². The van der Waals surface area contributed by atoms with Gasteiger partial charge in [0.2, 0.25) is 0 Å². The van der Waals surface area contributed by atoms with Gasteiger partial charge in [0.1, 0.15) is 12.2 Å². The molecule has 11 heteroatoms. The minimum atomic E-state index is -1.01. The standard InChI is InChI=1S/C29H20BrN3O7/c1-39-25-14-17(13-24(30)26(25)40-16-19-8-4-7-18-6-2-3-11-22(18)19)12-23-27(34)31-29(36)32(28(23)35)20-9-5-10-21(15-20)33(37)38/h2-15H,16H2,1H3,(H,31,34,36)/b23-12+. The SMILES string of the molecule is COc1cc(/C=C2\C(=O)NC(=O)N(c3cccc([N+](=O)[O-])c3)C2=O)cc(Br)c1OCc1cccc2ccccc12. The van der Waals surface area contributed by atoms with Gasteiger partial charge in [-0.2, -0.15) is 0 Å². The number of hydrogen-bond acceptors (Lipinski definition) is 7. The number of methoxy groups -OCH3 is 1. The fourth-order valence-electron chi connectivity index (χ4n) is 4.34. The second-order valence-corrected chi connectivity index (χ2v) is 9.55. The monoisotopic (exact) mass is 601 g/mol. The Bertz CT molecular complexity index is 1730. The molecule has 5 rings (SSSR count). The normalized spacial score (nSPS) is 14.4. The van der Waals surface area contributed by atoms with Crippen LogP contribution in [0.4, 0.5) is 16.2 Å². The fraction of sp³-hybridized carbons (Fsp3) is 0.0690. The molecule has 4 amide bonds. The molecule has 0 unspecified atom stereocenters. The van der Waals surface area contributed by atoms with E-state index in [2.05, 4.69) is 21.2 Å². The second-order valence-electron chi connectivity index (χ2n) is 8.70. The molecule has 0 bridgehead atoms. The molecular formula is C29H20BrN3O7. The van der Waals surface area contributed by atoms with Crippen LogP contribution in [0.2, 0.25) is 0 Å². The van der Waals surface area contributed by atoms with Gasteiger partial charge < -0.3 is 9.47 Å². The molecule has 0 saturated carbocycles. The van der Waals surface area contributed by atoms with Gasteiger partial charge in [-0.05, 0) is 62.1 Å². The van der Waals surface area contributed by atoms with Gasteiger partial charge in [-0.15, -0.1) is 0 Å². The number of nitrogens with zero attached hydrogens (tertiary/aromatic N) is 2. The number of rotatable bonds is 7. The maximum Gasteiger partial charge on any atom is 0.335 e. The van der Waals surface area contributed by atoms with Gasteiger partial charge in [-0.25, -0.2) is 9.69 Å². The number of nitro groups is 1. The number of amides is 4.